The molecule has 2 rings (SSSR count). The van der Waals surface area contributed by atoms with Gasteiger partial charge in [-0.1, -0.05) is 26.8 Å². The number of rotatable bonds is 3. The Balaban J connectivity index is 2.15. The number of nitrogens with zero attached hydrogens (tertiary/aromatic N) is 1. The van der Waals surface area contributed by atoms with Crippen LogP contribution >= 0.6 is 33.9 Å². The number of hydrogen-bond donors (Lipinski definition) is 1. The third kappa shape index (κ3) is 3.77. The third-order valence-electron chi connectivity index (χ3n) is 3.01. The maximum absolute atomic E-state index is 13.1. The van der Waals surface area contributed by atoms with Gasteiger partial charge in [0.05, 0.1) is 16.8 Å². The Morgan fingerprint density at radius 2 is 2.10 bits per heavy atom. The fraction of sp³-hybridized carbons (Fsp3) is 0.400. The maximum Gasteiger partial charge on any atom is 0.124 e. The molecule has 1 aromatic carbocycles. The number of benzene rings is 1. The van der Waals surface area contributed by atoms with Gasteiger partial charge in [0, 0.05) is 20.8 Å². The molecule has 0 bridgehead atoms. The van der Waals surface area contributed by atoms with Gasteiger partial charge in [-0.15, -0.1) is 11.3 Å². The van der Waals surface area contributed by atoms with E-state index in [1.54, 1.807) is 17.4 Å². The smallest absolute Gasteiger partial charge is 0.124 e. The molecular formula is C15H17FINOS. The summed E-state index contributed by atoms with van der Waals surface area (Å²) in [4.78, 5) is 4.58. The van der Waals surface area contributed by atoms with Gasteiger partial charge >= 0.3 is 0 Å². The second kappa shape index (κ2) is 6.07. The van der Waals surface area contributed by atoms with Crippen LogP contribution in [-0.2, 0) is 11.8 Å². The summed E-state index contributed by atoms with van der Waals surface area (Å²) in [6.45, 7) is 6.35. The predicted octanol–water partition coefficient (Wildman–Crippen LogP) is 4.46. The van der Waals surface area contributed by atoms with Crippen LogP contribution in [0.5, 0.6) is 0 Å². The average Bonchev–Trinajstić information content (AvgIpc) is 2.76. The predicted molar refractivity (Wildman–Crippen MR) is 88.6 cm³/mol. The van der Waals surface area contributed by atoms with Crippen molar-refractivity contribution in [2.45, 2.75) is 38.7 Å². The molecule has 2 nitrogen and oxygen atoms in total. The molecule has 0 aliphatic rings. The molecule has 20 heavy (non-hydrogen) atoms. The number of aromatic nitrogens is 1. The van der Waals surface area contributed by atoms with Crippen LogP contribution in [0.4, 0.5) is 4.39 Å². The summed E-state index contributed by atoms with van der Waals surface area (Å²) in [5.74, 6) is -0.283. The molecule has 1 aromatic heterocycles. The lowest BCUT2D eigenvalue weighted by atomic mass is 9.93. The number of thiazole rings is 1. The zero-order valence-corrected chi connectivity index (χ0v) is 14.6. The van der Waals surface area contributed by atoms with Gasteiger partial charge in [0.2, 0.25) is 0 Å². The standard InChI is InChI=1S/C15H17FINOS/c1-15(2,3)13-8-20-14(18-13)7-12(19)10-5-4-9(16)6-11(10)17/h4-6,8,12,19H,7H2,1-3H3. The molecule has 0 aliphatic heterocycles. The van der Waals surface area contributed by atoms with E-state index in [1.807, 2.05) is 28.0 Å². The topological polar surface area (TPSA) is 33.1 Å². The summed E-state index contributed by atoms with van der Waals surface area (Å²) >= 11 is 3.61. The van der Waals surface area contributed by atoms with Crippen molar-refractivity contribution in [2.75, 3.05) is 0 Å². The molecule has 108 valence electrons. The van der Waals surface area contributed by atoms with E-state index < -0.39 is 6.10 Å². The molecule has 1 N–H and O–H groups in total. The number of hydrogen-bond acceptors (Lipinski definition) is 3. The minimum Gasteiger partial charge on any atom is -0.388 e. The summed E-state index contributed by atoms with van der Waals surface area (Å²) < 4.78 is 13.8. The number of aliphatic hydroxyl groups excluding tert-OH is 1. The van der Waals surface area contributed by atoms with E-state index >= 15 is 0 Å². The lowest BCUT2D eigenvalue weighted by molar-refractivity contribution is 0.177. The molecule has 0 radical (unpaired) electrons. The van der Waals surface area contributed by atoms with Crippen LogP contribution < -0.4 is 0 Å². The highest BCUT2D eigenvalue weighted by Crippen LogP contribution is 2.28. The minimum atomic E-state index is -0.651. The zero-order valence-electron chi connectivity index (χ0n) is 11.7. The first-order chi connectivity index (χ1) is 9.27. The lowest BCUT2D eigenvalue weighted by Gasteiger charge is -2.14. The van der Waals surface area contributed by atoms with E-state index in [0.717, 1.165) is 19.8 Å². The molecule has 0 amide bonds. The first-order valence-corrected chi connectivity index (χ1v) is 8.31. The third-order valence-corrected chi connectivity index (χ3v) is 4.81. The molecule has 5 heteroatoms. The molecule has 1 heterocycles. The van der Waals surface area contributed by atoms with Gasteiger partial charge in [-0.05, 0) is 40.3 Å². The van der Waals surface area contributed by atoms with Gasteiger partial charge < -0.3 is 5.11 Å². The Labute approximate surface area is 136 Å². The Hall–Kier alpha value is -0.530. The fourth-order valence-corrected chi connectivity index (χ4v) is 3.69. The van der Waals surface area contributed by atoms with Crippen LogP contribution in [0.2, 0.25) is 0 Å². The lowest BCUT2D eigenvalue weighted by Crippen LogP contribution is -2.12. The molecule has 1 atom stereocenters. The minimum absolute atomic E-state index is 0.0179. The SMILES string of the molecule is CC(C)(C)c1csc(CC(O)c2ccc(F)cc2I)n1. The Morgan fingerprint density at radius 1 is 1.40 bits per heavy atom. The van der Waals surface area contributed by atoms with Gasteiger partial charge in [-0.2, -0.15) is 0 Å². The number of halogens is 2. The molecule has 0 aliphatic carbocycles. The van der Waals surface area contributed by atoms with Gasteiger partial charge in [0.1, 0.15) is 5.82 Å². The molecule has 0 fully saturated rings. The second-order valence-electron chi connectivity index (χ2n) is 5.76. The largest absolute Gasteiger partial charge is 0.388 e. The summed E-state index contributed by atoms with van der Waals surface area (Å²) in [7, 11) is 0. The Kier molecular flexibility index (Phi) is 4.81. The highest BCUT2D eigenvalue weighted by Gasteiger charge is 2.19. The monoisotopic (exact) mass is 405 g/mol. The van der Waals surface area contributed by atoms with Crippen LogP contribution in [0.25, 0.3) is 0 Å². The molecule has 0 saturated heterocycles. The van der Waals surface area contributed by atoms with Crippen LogP contribution in [0.1, 0.15) is 43.1 Å². The van der Waals surface area contributed by atoms with Crippen molar-refractivity contribution in [3.63, 3.8) is 0 Å². The van der Waals surface area contributed by atoms with Gasteiger partial charge in [-0.3, -0.25) is 0 Å². The van der Waals surface area contributed by atoms with E-state index in [4.69, 9.17) is 0 Å². The average molecular weight is 405 g/mol. The van der Waals surface area contributed by atoms with Crippen molar-refractivity contribution in [1.82, 2.24) is 4.98 Å². The van der Waals surface area contributed by atoms with E-state index in [-0.39, 0.29) is 11.2 Å². The first-order valence-electron chi connectivity index (χ1n) is 6.35. The van der Waals surface area contributed by atoms with Crippen molar-refractivity contribution in [3.05, 3.63) is 49.2 Å². The summed E-state index contributed by atoms with van der Waals surface area (Å²) in [6.07, 6.45) is -0.191. The van der Waals surface area contributed by atoms with Gasteiger partial charge in [0.25, 0.3) is 0 Å². The highest BCUT2D eigenvalue weighted by atomic mass is 127. The summed E-state index contributed by atoms with van der Waals surface area (Å²) in [6, 6.07) is 4.45. The molecule has 0 saturated carbocycles. The van der Waals surface area contributed by atoms with Crippen LogP contribution in [-0.4, -0.2) is 10.1 Å². The number of aliphatic hydroxyl groups is 1. The molecular weight excluding hydrogens is 388 g/mol. The second-order valence-corrected chi connectivity index (χ2v) is 7.87. The normalized spacial score (nSPS) is 13.5. The molecule has 0 spiro atoms. The van der Waals surface area contributed by atoms with E-state index in [1.165, 1.54) is 12.1 Å². The first kappa shape index (κ1) is 15.9. The quantitative estimate of drug-likeness (QED) is 0.765. The zero-order chi connectivity index (χ0) is 14.9. The van der Waals surface area contributed by atoms with E-state index in [9.17, 15) is 9.50 Å². The fourth-order valence-electron chi connectivity index (χ4n) is 1.80. The van der Waals surface area contributed by atoms with Crippen molar-refractivity contribution in [1.29, 1.82) is 0 Å². The summed E-state index contributed by atoms with van der Waals surface area (Å²) in [5.41, 5.74) is 1.81. The molecule has 2 aromatic rings. The summed E-state index contributed by atoms with van der Waals surface area (Å²) in [5, 5.41) is 13.2. The van der Waals surface area contributed by atoms with Gasteiger partial charge in [-0.25, -0.2) is 9.37 Å². The van der Waals surface area contributed by atoms with Crippen molar-refractivity contribution >= 4 is 33.9 Å². The highest BCUT2D eigenvalue weighted by molar-refractivity contribution is 14.1. The Bertz CT molecular complexity index is 606. The molecule has 1 unspecified atom stereocenters. The van der Waals surface area contributed by atoms with Crippen molar-refractivity contribution < 1.29 is 9.50 Å². The maximum atomic E-state index is 13.1. The van der Waals surface area contributed by atoms with Gasteiger partial charge in [0.15, 0.2) is 0 Å². The van der Waals surface area contributed by atoms with Crippen molar-refractivity contribution in [3.8, 4) is 0 Å². The van der Waals surface area contributed by atoms with Crippen LogP contribution in [0, 0.1) is 9.39 Å². The van der Waals surface area contributed by atoms with E-state index in [0.29, 0.717) is 6.42 Å². The van der Waals surface area contributed by atoms with E-state index in [2.05, 4.69) is 25.8 Å². The Morgan fingerprint density at radius 3 is 2.65 bits per heavy atom. The van der Waals surface area contributed by atoms with Crippen LogP contribution in [0.15, 0.2) is 23.6 Å². The van der Waals surface area contributed by atoms with Crippen LogP contribution in [0.3, 0.4) is 0 Å². The van der Waals surface area contributed by atoms with Crippen molar-refractivity contribution in [2.24, 2.45) is 0 Å².